The molecule has 0 fully saturated rings. The van der Waals surface area contributed by atoms with E-state index in [1.807, 2.05) is 6.92 Å². The highest BCUT2D eigenvalue weighted by atomic mass is 32.2. The van der Waals surface area contributed by atoms with Gasteiger partial charge >= 0.3 is 0 Å². The van der Waals surface area contributed by atoms with Crippen molar-refractivity contribution in [3.05, 3.63) is 5.82 Å². The Kier molecular flexibility index (Phi) is 23.1. The summed E-state index contributed by atoms with van der Waals surface area (Å²) in [5, 5.41) is 16.8. The monoisotopic (exact) mass is 657 g/mol. The number of aryl methyl sites for hydroxylation is 1. The summed E-state index contributed by atoms with van der Waals surface area (Å²) in [6.07, 6.45) is 19.4. The van der Waals surface area contributed by atoms with Gasteiger partial charge in [0.15, 0.2) is 15.7 Å². The van der Waals surface area contributed by atoms with Crippen LogP contribution in [-0.4, -0.2) is 70.3 Å². The number of Topliss-reactive ketones (excluding diaryl/α,β-unsaturated/α-hetero) is 3. The molecule has 1 rings (SSSR count). The molecule has 0 aliphatic heterocycles. The summed E-state index contributed by atoms with van der Waals surface area (Å²) in [7, 11) is -3.50. The first-order valence-corrected chi connectivity index (χ1v) is 19.1. The van der Waals surface area contributed by atoms with Crippen molar-refractivity contribution in [1.82, 2.24) is 25.9 Å². The summed E-state index contributed by atoms with van der Waals surface area (Å²) >= 11 is 0. The van der Waals surface area contributed by atoms with E-state index >= 15 is 0 Å². The van der Waals surface area contributed by atoms with Crippen LogP contribution in [0.1, 0.15) is 157 Å². The molecule has 12 heteroatoms. The number of tetrazole rings is 1. The third-order valence-electron chi connectivity index (χ3n) is 8.14. The minimum absolute atomic E-state index is 0. The van der Waals surface area contributed by atoms with Gasteiger partial charge in [-0.05, 0) is 39.0 Å². The molecule has 0 unspecified atom stereocenters. The second kappa shape index (κ2) is 25.7. The summed E-state index contributed by atoms with van der Waals surface area (Å²) < 4.78 is 24.6. The highest BCUT2D eigenvalue weighted by Crippen LogP contribution is 2.14. The van der Waals surface area contributed by atoms with Crippen molar-refractivity contribution < 1.29 is 30.4 Å². The third kappa shape index (κ3) is 24.4. The van der Waals surface area contributed by atoms with Gasteiger partial charge in [-0.25, -0.2) is 8.42 Å². The van der Waals surface area contributed by atoms with Crippen LogP contribution in [0.4, 0.5) is 0 Å². The van der Waals surface area contributed by atoms with E-state index < -0.39 is 15.6 Å². The normalized spacial score (nSPS) is 12.2. The zero-order chi connectivity index (χ0) is 33.2. The van der Waals surface area contributed by atoms with Crippen molar-refractivity contribution in [1.29, 1.82) is 0 Å². The van der Waals surface area contributed by atoms with Gasteiger partial charge < -0.3 is 10.1 Å². The maximum absolute atomic E-state index is 12.3. The van der Waals surface area contributed by atoms with Gasteiger partial charge in [-0.15, -0.1) is 10.2 Å². The van der Waals surface area contributed by atoms with Crippen LogP contribution in [0.2, 0.25) is 0 Å². The Morgan fingerprint density at radius 3 is 1.93 bits per heavy atom. The van der Waals surface area contributed by atoms with Crippen molar-refractivity contribution in [2.75, 3.05) is 18.1 Å². The Morgan fingerprint density at radius 2 is 1.36 bits per heavy atom. The first kappa shape index (κ1) is 40.5. The molecule has 1 aromatic heterocycles. The second-order valence-electron chi connectivity index (χ2n) is 12.6. The number of aromatic amines is 1. The van der Waals surface area contributed by atoms with Crippen LogP contribution in [0, 0.1) is 5.92 Å². The van der Waals surface area contributed by atoms with Crippen LogP contribution >= 0.6 is 0 Å². The molecule has 2 N–H and O–H groups in total. The molecule has 0 aliphatic carbocycles. The summed E-state index contributed by atoms with van der Waals surface area (Å²) in [5.74, 6) is -0.214. The molecule has 262 valence electrons. The number of unbranched alkanes of at least 4 members (excludes halogenated alkanes) is 13. The molecule has 0 bridgehead atoms. The Balaban J connectivity index is 0. The number of nitrogens with zero attached hydrogens (tertiary/aromatic N) is 3. The van der Waals surface area contributed by atoms with E-state index in [1.165, 1.54) is 58.3 Å². The third-order valence-corrected chi connectivity index (χ3v) is 9.82. The highest BCUT2D eigenvalue weighted by Gasteiger charge is 2.17. The fraction of sp³-hybridized carbons (Fsp3) is 0.848. The lowest BCUT2D eigenvalue weighted by molar-refractivity contribution is -0.125. The largest absolute Gasteiger partial charge is 0.356 e. The first-order chi connectivity index (χ1) is 21.6. The summed E-state index contributed by atoms with van der Waals surface area (Å²) in [4.78, 5) is 47.2. The Bertz CT molecular complexity index is 1070. The number of sulfone groups is 1. The molecule has 11 nitrogen and oxygen atoms in total. The molecule has 0 saturated carbocycles. The van der Waals surface area contributed by atoms with Crippen LogP contribution < -0.4 is 5.32 Å². The van der Waals surface area contributed by atoms with Gasteiger partial charge in [0.25, 0.3) is 0 Å². The van der Waals surface area contributed by atoms with Gasteiger partial charge in [-0.2, -0.15) is 5.21 Å². The van der Waals surface area contributed by atoms with E-state index in [4.69, 9.17) is 0 Å². The number of amides is 1. The minimum Gasteiger partial charge on any atom is -0.356 e. The highest BCUT2D eigenvalue weighted by molar-refractivity contribution is 7.92. The number of nitrogens with one attached hydrogen (secondary N) is 2. The topological polar surface area (TPSA) is 169 Å². The zero-order valence-corrected chi connectivity index (χ0v) is 28.8. The average Bonchev–Trinajstić information content (AvgIpc) is 3.50. The molecule has 1 heterocycles. The lowest BCUT2D eigenvalue weighted by Crippen LogP contribution is -2.25. The number of carbonyl (C=O) groups excluding carboxylic acids is 4. The maximum atomic E-state index is 12.3. The predicted octanol–water partition coefficient (Wildman–Crippen LogP) is 6.32. The minimum atomic E-state index is -3.50. The Morgan fingerprint density at radius 1 is 0.756 bits per heavy atom. The van der Waals surface area contributed by atoms with Gasteiger partial charge in [0, 0.05) is 47.4 Å². The number of H-pyrrole nitrogens is 1. The lowest BCUT2D eigenvalue weighted by Gasteiger charge is -2.10. The second-order valence-corrected chi connectivity index (χ2v) is 14.8. The standard InChI is InChI=1S/C33H59N5O6S.2H2/c1-28(31(41)24-23-29(2)39)19-16-17-25-34-33(42)22-18-26-45(43,44)27-30(40)20-14-12-10-8-6-4-3-5-7-9-11-13-15-21-32-35-37-38-36-32;;/h28H,3-27H2,1-2H3,(H,34,42)(H,35,36,37,38);2*1H/t28-;;/m1../s1. The molecule has 0 saturated heterocycles. The van der Waals surface area contributed by atoms with Gasteiger partial charge in [0.05, 0.1) is 5.75 Å². The predicted molar refractivity (Wildman–Crippen MR) is 181 cm³/mol. The molecule has 0 aromatic carbocycles. The van der Waals surface area contributed by atoms with E-state index in [0.717, 1.165) is 57.2 Å². The van der Waals surface area contributed by atoms with Crippen LogP contribution in [0.3, 0.4) is 0 Å². The molecular weight excluding hydrogens is 594 g/mol. The smallest absolute Gasteiger partial charge is 0.220 e. The molecule has 45 heavy (non-hydrogen) atoms. The molecule has 0 radical (unpaired) electrons. The van der Waals surface area contributed by atoms with Crippen LogP contribution in [0.25, 0.3) is 0 Å². The van der Waals surface area contributed by atoms with Gasteiger partial charge in [0.1, 0.15) is 23.1 Å². The number of hydrogen-bond acceptors (Lipinski definition) is 9. The van der Waals surface area contributed by atoms with Crippen LogP contribution in [0.5, 0.6) is 0 Å². The molecule has 0 spiro atoms. The van der Waals surface area contributed by atoms with Crippen LogP contribution in [-0.2, 0) is 35.4 Å². The fourth-order valence-corrected chi connectivity index (χ4v) is 6.64. The zero-order valence-electron chi connectivity index (χ0n) is 28.0. The van der Waals surface area contributed by atoms with Crippen LogP contribution in [0.15, 0.2) is 0 Å². The lowest BCUT2D eigenvalue weighted by atomic mass is 9.96. The summed E-state index contributed by atoms with van der Waals surface area (Å²) in [6, 6.07) is 0. The average molecular weight is 658 g/mol. The van der Waals surface area contributed by atoms with E-state index in [-0.39, 0.29) is 63.5 Å². The fourth-order valence-electron chi connectivity index (χ4n) is 5.28. The molecule has 0 aliphatic rings. The summed E-state index contributed by atoms with van der Waals surface area (Å²) in [5.41, 5.74) is 0. The van der Waals surface area contributed by atoms with Gasteiger partial charge in [0.2, 0.25) is 5.91 Å². The summed E-state index contributed by atoms with van der Waals surface area (Å²) in [6.45, 7) is 3.82. The van der Waals surface area contributed by atoms with Gasteiger partial charge in [-0.3, -0.25) is 14.4 Å². The van der Waals surface area contributed by atoms with E-state index in [0.29, 0.717) is 19.4 Å². The van der Waals surface area contributed by atoms with Crippen molar-refractivity contribution in [2.45, 2.75) is 155 Å². The number of rotatable bonds is 31. The molecular formula is C33H63N5O6S. The van der Waals surface area contributed by atoms with Crippen molar-refractivity contribution in [3.8, 4) is 0 Å². The number of ketones is 3. The Hall–Kier alpha value is -2.50. The Labute approximate surface area is 274 Å². The molecule has 1 atom stereocenters. The van der Waals surface area contributed by atoms with E-state index in [9.17, 15) is 27.6 Å². The maximum Gasteiger partial charge on any atom is 0.220 e. The van der Waals surface area contributed by atoms with Crippen molar-refractivity contribution in [3.63, 3.8) is 0 Å². The van der Waals surface area contributed by atoms with E-state index in [2.05, 4.69) is 25.9 Å². The number of carbonyl (C=O) groups is 4. The van der Waals surface area contributed by atoms with E-state index in [1.54, 1.807) is 0 Å². The quantitative estimate of drug-likeness (QED) is 0.0868. The van der Waals surface area contributed by atoms with Crippen molar-refractivity contribution >= 4 is 33.1 Å². The van der Waals surface area contributed by atoms with Crippen molar-refractivity contribution in [2.24, 2.45) is 5.92 Å². The SMILES string of the molecule is CC(=O)CCC(=O)[C@H](C)CCCCNC(=O)CCCS(=O)(=O)CC(=O)CCCCCCCCCCCCCCCc1nn[nH]n1.[HH].[HH]. The molecule has 1 aromatic rings. The number of hydrogen-bond donors (Lipinski definition) is 2. The first-order valence-electron chi connectivity index (χ1n) is 17.3. The molecule has 1 amide bonds. The number of aromatic nitrogens is 4. The van der Waals surface area contributed by atoms with Gasteiger partial charge in [-0.1, -0.05) is 89.2 Å².